The number of benzene rings is 1. The minimum Gasteiger partial charge on any atom is -0.481 e. The Kier molecular flexibility index (Phi) is 3.83. The summed E-state index contributed by atoms with van der Waals surface area (Å²) in [5, 5.41) is 11.5. The van der Waals surface area contributed by atoms with Gasteiger partial charge in [-0.3, -0.25) is 9.59 Å². The Balaban J connectivity index is 2.10. The first-order chi connectivity index (χ1) is 8.97. The highest BCUT2D eigenvalue weighted by atomic mass is 19.1. The van der Waals surface area contributed by atoms with Crippen molar-refractivity contribution >= 4 is 11.9 Å². The van der Waals surface area contributed by atoms with Crippen LogP contribution in [0.3, 0.4) is 0 Å². The number of hydrogen-bond donors (Lipinski definition) is 2. The molecule has 1 atom stereocenters. The summed E-state index contributed by atoms with van der Waals surface area (Å²) in [6, 6.07) is 3.64. The van der Waals surface area contributed by atoms with E-state index in [9.17, 15) is 14.0 Å². The predicted octanol–water partition coefficient (Wildman–Crippen LogP) is 2.12. The third-order valence-corrected chi connectivity index (χ3v) is 3.35. The lowest BCUT2D eigenvalue weighted by atomic mass is 10.1. The first kappa shape index (κ1) is 13.5. The van der Waals surface area contributed by atoms with Gasteiger partial charge < -0.3 is 10.4 Å². The second kappa shape index (κ2) is 5.38. The van der Waals surface area contributed by atoms with Gasteiger partial charge in [0.05, 0.1) is 6.42 Å². The Morgan fingerprint density at radius 1 is 1.47 bits per heavy atom. The largest absolute Gasteiger partial charge is 0.481 e. The number of carboxylic acid groups (broad SMARTS) is 1. The monoisotopic (exact) mass is 265 g/mol. The molecule has 0 aromatic heterocycles. The average molecular weight is 265 g/mol. The Morgan fingerprint density at radius 2 is 2.16 bits per heavy atom. The Labute approximate surface area is 110 Å². The van der Waals surface area contributed by atoms with Crippen LogP contribution in [-0.4, -0.2) is 23.0 Å². The van der Waals surface area contributed by atoms with Gasteiger partial charge in [0.15, 0.2) is 0 Å². The number of amides is 1. The fraction of sp³-hybridized carbons (Fsp3) is 0.429. The van der Waals surface area contributed by atoms with Gasteiger partial charge in [-0.05, 0) is 43.4 Å². The van der Waals surface area contributed by atoms with Crippen molar-refractivity contribution in [3.8, 4) is 0 Å². The summed E-state index contributed by atoms with van der Waals surface area (Å²) in [5.74, 6) is -1.59. The van der Waals surface area contributed by atoms with Crippen LogP contribution in [0.1, 0.15) is 35.2 Å². The fourth-order valence-electron chi connectivity index (χ4n) is 2.11. The van der Waals surface area contributed by atoms with E-state index in [-0.39, 0.29) is 23.9 Å². The molecule has 0 bridgehead atoms. The summed E-state index contributed by atoms with van der Waals surface area (Å²) < 4.78 is 13.2. The lowest BCUT2D eigenvalue weighted by molar-refractivity contribution is -0.137. The van der Waals surface area contributed by atoms with Crippen molar-refractivity contribution in [1.29, 1.82) is 0 Å². The smallest absolute Gasteiger partial charge is 0.305 e. The van der Waals surface area contributed by atoms with Gasteiger partial charge in [-0.25, -0.2) is 4.39 Å². The van der Waals surface area contributed by atoms with Crippen molar-refractivity contribution in [2.24, 2.45) is 5.92 Å². The Hall–Kier alpha value is -1.91. The molecule has 1 aliphatic rings. The molecule has 1 aromatic rings. The van der Waals surface area contributed by atoms with E-state index < -0.39 is 17.7 Å². The van der Waals surface area contributed by atoms with Crippen LogP contribution in [0.5, 0.6) is 0 Å². The van der Waals surface area contributed by atoms with Gasteiger partial charge in [0.1, 0.15) is 5.82 Å². The molecule has 1 fully saturated rings. The van der Waals surface area contributed by atoms with E-state index in [0.29, 0.717) is 5.56 Å². The van der Waals surface area contributed by atoms with E-state index in [1.54, 1.807) is 6.92 Å². The van der Waals surface area contributed by atoms with Crippen LogP contribution in [0.2, 0.25) is 0 Å². The SMILES string of the molecule is Cc1ccc(F)cc1C(=O)NC(CC(=O)O)C1CC1. The average Bonchev–Trinajstić information content (AvgIpc) is 3.14. The standard InChI is InChI=1S/C14H16FNO3/c1-8-2-5-10(15)6-11(8)14(19)16-12(7-13(17)18)9-3-4-9/h2,5-6,9,12H,3-4,7H2,1H3,(H,16,19)(H,17,18). The van der Waals surface area contributed by atoms with Crippen molar-refractivity contribution in [2.75, 3.05) is 0 Å². The molecule has 4 nitrogen and oxygen atoms in total. The number of hydrogen-bond acceptors (Lipinski definition) is 2. The summed E-state index contributed by atoms with van der Waals surface area (Å²) >= 11 is 0. The number of aliphatic carboxylic acids is 1. The quantitative estimate of drug-likeness (QED) is 0.857. The second-order valence-electron chi connectivity index (χ2n) is 4.97. The number of nitrogens with one attached hydrogen (secondary N) is 1. The molecular formula is C14H16FNO3. The first-order valence-electron chi connectivity index (χ1n) is 6.26. The van der Waals surface area contributed by atoms with Gasteiger partial charge in [0, 0.05) is 11.6 Å². The molecule has 0 spiro atoms. The fourth-order valence-corrected chi connectivity index (χ4v) is 2.11. The molecule has 0 aliphatic heterocycles. The van der Waals surface area contributed by atoms with Crippen molar-refractivity contribution < 1.29 is 19.1 Å². The molecule has 102 valence electrons. The zero-order chi connectivity index (χ0) is 14.0. The maximum atomic E-state index is 13.2. The zero-order valence-electron chi connectivity index (χ0n) is 10.6. The summed E-state index contributed by atoms with van der Waals surface area (Å²) in [6.45, 7) is 1.72. The molecule has 2 N–H and O–H groups in total. The van der Waals surface area contributed by atoms with Crippen LogP contribution in [0, 0.1) is 18.7 Å². The molecule has 1 amide bonds. The van der Waals surface area contributed by atoms with Gasteiger partial charge in [-0.1, -0.05) is 6.07 Å². The molecule has 2 rings (SSSR count). The third-order valence-electron chi connectivity index (χ3n) is 3.35. The molecule has 1 saturated carbocycles. The lowest BCUT2D eigenvalue weighted by Crippen LogP contribution is -2.38. The summed E-state index contributed by atoms with van der Waals surface area (Å²) in [6.07, 6.45) is 1.77. The van der Waals surface area contributed by atoms with Crippen LogP contribution in [0.15, 0.2) is 18.2 Å². The van der Waals surface area contributed by atoms with Crippen molar-refractivity contribution in [1.82, 2.24) is 5.32 Å². The molecule has 0 heterocycles. The number of carbonyl (C=O) groups excluding carboxylic acids is 1. The summed E-state index contributed by atoms with van der Waals surface area (Å²) in [4.78, 5) is 22.8. The number of carboxylic acids is 1. The third kappa shape index (κ3) is 3.53. The van der Waals surface area contributed by atoms with Crippen molar-refractivity contribution in [2.45, 2.75) is 32.2 Å². The molecule has 1 unspecified atom stereocenters. The minimum atomic E-state index is -0.937. The zero-order valence-corrected chi connectivity index (χ0v) is 10.6. The summed E-state index contributed by atoms with van der Waals surface area (Å²) in [5.41, 5.74) is 0.930. The first-order valence-corrected chi connectivity index (χ1v) is 6.26. The predicted molar refractivity (Wildman–Crippen MR) is 67.4 cm³/mol. The van der Waals surface area contributed by atoms with Crippen LogP contribution in [0.25, 0.3) is 0 Å². The van der Waals surface area contributed by atoms with E-state index in [1.807, 2.05) is 0 Å². The van der Waals surface area contributed by atoms with Crippen molar-refractivity contribution in [3.05, 3.63) is 35.1 Å². The summed E-state index contributed by atoms with van der Waals surface area (Å²) in [7, 11) is 0. The highest BCUT2D eigenvalue weighted by Crippen LogP contribution is 2.34. The lowest BCUT2D eigenvalue weighted by Gasteiger charge is -2.17. The molecule has 1 aromatic carbocycles. The Bertz CT molecular complexity index is 511. The number of aryl methyl sites for hydroxylation is 1. The van der Waals surface area contributed by atoms with E-state index in [4.69, 9.17) is 5.11 Å². The molecule has 1 aliphatic carbocycles. The van der Waals surface area contributed by atoms with Gasteiger partial charge in [-0.15, -0.1) is 0 Å². The number of halogens is 1. The van der Waals surface area contributed by atoms with E-state index in [2.05, 4.69) is 5.32 Å². The maximum Gasteiger partial charge on any atom is 0.305 e. The molecule has 19 heavy (non-hydrogen) atoms. The highest BCUT2D eigenvalue weighted by Gasteiger charge is 2.34. The molecule has 0 saturated heterocycles. The molecular weight excluding hydrogens is 249 g/mol. The van der Waals surface area contributed by atoms with Crippen molar-refractivity contribution in [3.63, 3.8) is 0 Å². The Morgan fingerprint density at radius 3 is 2.74 bits per heavy atom. The van der Waals surface area contributed by atoms with Gasteiger partial charge in [-0.2, -0.15) is 0 Å². The van der Waals surface area contributed by atoms with E-state index in [1.165, 1.54) is 18.2 Å². The van der Waals surface area contributed by atoms with Gasteiger partial charge in [0.2, 0.25) is 0 Å². The van der Waals surface area contributed by atoms with Gasteiger partial charge in [0.25, 0.3) is 5.91 Å². The number of rotatable bonds is 5. The van der Waals surface area contributed by atoms with Crippen LogP contribution in [-0.2, 0) is 4.79 Å². The van der Waals surface area contributed by atoms with Crippen LogP contribution >= 0.6 is 0 Å². The molecule has 5 heteroatoms. The van der Waals surface area contributed by atoms with Crippen LogP contribution < -0.4 is 5.32 Å². The topological polar surface area (TPSA) is 66.4 Å². The maximum absolute atomic E-state index is 13.2. The molecule has 0 radical (unpaired) electrons. The van der Waals surface area contributed by atoms with Gasteiger partial charge >= 0.3 is 5.97 Å². The minimum absolute atomic E-state index is 0.0925. The normalized spacial score (nSPS) is 15.9. The van der Waals surface area contributed by atoms with E-state index in [0.717, 1.165) is 12.8 Å². The highest BCUT2D eigenvalue weighted by molar-refractivity contribution is 5.96. The number of carbonyl (C=O) groups is 2. The van der Waals surface area contributed by atoms with Crippen LogP contribution in [0.4, 0.5) is 4.39 Å². The second-order valence-corrected chi connectivity index (χ2v) is 4.97. The van der Waals surface area contributed by atoms with E-state index >= 15 is 0 Å².